The van der Waals surface area contributed by atoms with E-state index >= 15 is 0 Å². The Morgan fingerprint density at radius 1 is 1.15 bits per heavy atom. The molecule has 27 heavy (non-hydrogen) atoms. The molecule has 3 rings (SSSR count). The molecule has 1 heterocycles. The highest BCUT2D eigenvalue weighted by atomic mass is 19.1. The Bertz CT molecular complexity index is 951. The van der Waals surface area contributed by atoms with Crippen LogP contribution < -0.4 is 14.8 Å². The Kier molecular flexibility index (Phi) is 5.64. The van der Waals surface area contributed by atoms with Gasteiger partial charge in [0.05, 0.1) is 12.6 Å². The maximum Gasteiger partial charge on any atom is 0.217 e. The Hall–Kier alpha value is -3.02. The summed E-state index contributed by atoms with van der Waals surface area (Å²) in [6, 6.07) is 11.8. The van der Waals surface area contributed by atoms with Gasteiger partial charge in [-0.2, -0.15) is 0 Å². The van der Waals surface area contributed by atoms with E-state index in [4.69, 9.17) is 13.9 Å². The number of rotatable bonds is 7. The molecule has 2 aromatic carbocycles. The number of hydrogen-bond acceptors (Lipinski definition) is 4. The van der Waals surface area contributed by atoms with E-state index < -0.39 is 0 Å². The van der Waals surface area contributed by atoms with Gasteiger partial charge in [0.25, 0.3) is 0 Å². The summed E-state index contributed by atoms with van der Waals surface area (Å²) in [7, 11) is 0. The minimum absolute atomic E-state index is 0.108. The molecule has 0 aliphatic heterocycles. The van der Waals surface area contributed by atoms with Gasteiger partial charge in [-0.1, -0.05) is 0 Å². The average Bonchev–Trinajstić information content (AvgIpc) is 3.04. The first-order chi connectivity index (χ1) is 13.0. The standard InChI is InChI=1S/C21H22FNO4/c1-4-25-18-6-5-15(19(22)11-18)12-26-17-7-8-20-16(9-17)10-21(27-20)13(2)23-14(3)24/h5-11,13H,4,12H2,1-3H3,(H,23,24). The lowest BCUT2D eigenvalue weighted by Crippen LogP contribution is -2.23. The van der Waals surface area contributed by atoms with Crippen LogP contribution in [0.4, 0.5) is 4.39 Å². The van der Waals surface area contributed by atoms with E-state index in [1.807, 2.05) is 26.0 Å². The van der Waals surface area contributed by atoms with Crippen molar-refractivity contribution in [3.63, 3.8) is 0 Å². The molecule has 0 aliphatic rings. The Morgan fingerprint density at radius 2 is 1.89 bits per heavy atom. The molecule has 0 spiro atoms. The van der Waals surface area contributed by atoms with E-state index in [0.29, 0.717) is 35.0 Å². The number of benzene rings is 2. The maximum absolute atomic E-state index is 14.1. The zero-order valence-electron chi connectivity index (χ0n) is 15.5. The van der Waals surface area contributed by atoms with Gasteiger partial charge in [-0.05, 0) is 50.2 Å². The molecular weight excluding hydrogens is 349 g/mol. The van der Waals surface area contributed by atoms with Gasteiger partial charge < -0.3 is 19.2 Å². The number of nitrogens with one attached hydrogen (secondary N) is 1. The number of halogens is 1. The van der Waals surface area contributed by atoms with Gasteiger partial charge in [-0.25, -0.2) is 4.39 Å². The Balaban J connectivity index is 1.71. The topological polar surface area (TPSA) is 60.7 Å². The largest absolute Gasteiger partial charge is 0.494 e. The predicted octanol–water partition coefficient (Wildman–Crippen LogP) is 4.75. The zero-order valence-corrected chi connectivity index (χ0v) is 15.5. The summed E-state index contributed by atoms with van der Waals surface area (Å²) in [6.45, 7) is 5.76. The SMILES string of the molecule is CCOc1ccc(COc2ccc3oc(C(C)NC(C)=O)cc3c2)c(F)c1. The van der Waals surface area contributed by atoms with Gasteiger partial charge in [0, 0.05) is 23.9 Å². The van der Waals surface area contributed by atoms with E-state index in [2.05, 4.69) is 5.32 Å². The molecule has 5 nitrogen and oxygen atoms in total. The second kappa shape index (κ2) is 8.12. The van der Waals surface area contributed by atoms with Crippen LogP contribution in [0.5, 0.6) is 11.5 Å². The van der Waals surface area contributed by atoms with Crippen LogP contribution in [0.2, 0.25) is 0 Å². The van der Waals surface area contributed by atoms with Crippen molar-refractivity contribution in [3.05, 3.63) is 59.6 Å². The lowest BCUT2D eigenvalue weighted by Gasteiger charge is -2.09. The number of amides is 1. The van der Waals surface area contributed by atoms with Crippen LogP contribution in [-0.4, -0.2) is 12.5 Å². The van der Waals surface area contributed by atoms with E-state index in [9.17, 15) is 9.18 Å². The molecule has 3 aromatic rings. The Labute approximate surface area is 157 Å². The summed E-state index contributed by atoms with van der Waals surface area (Å²) < 4.78 is 30.9. The van der Waals surface area contributed by atoms with Crippen molar-refractivity contribution in [3.8, 4) is 11.5 Å². The van der Waals surface area contributed by atoms with Gasteiger partial charge in [-0.3, -0.25) is 4.79 Å². The van der Waals surface area contributed by atoms with E-state index in [-0.39, 0.29) is 24.4 Å². The second-order valence-corrected chi connectivity index (χ2v) is 6.25. The highest BCUT2D eigenvalue weighted by Crippen LogP contribution is 2.28. The summed E-state index contributed by atoms with van der Waals surface area (Å²) in [5.74, 6) is 1.28. The lowest BCUT2D eigenvalue weighted by atomic mass is 10.2. The van der Waals surface area contributed by atoms with Crippen LogP contribution in [0.25, 0.3) is 11.0 Å². The number of carbonyl (C=O) groups excluding carboxylic acids is 1. The highest BCUT2D eigenvalue weighted by molar-refractivity contribution is 5.80. The molecule has 1 amide bonds. The van der Waals surface area contributed by atoms with Crippen molar-refractivity contribution in [2.45, 2.75) is 33.4 Å². The van der Waals surface area contributed by atoms with Crippen LogP contribution in [0.1, 0.15) is 38.1 Å². The van der Waals surface area contributed by atoms with Crippen LogP contribution in [0.3, 0.4) is 0 Å². The Morgan fingerprint density at radius 3 is 2.59 bits per heavy atom. The summed E-state index contributed by atoms with van der Waals surface area (Å²) in [6.07, 6.45) is 0. The van der Waals surface area contributed by atoms with Crippen LogP contribution in [0.15, 0.2) is 46.9 Å². The third kappa shape index (κ3) is 4.58. The first-order valence-electron chi connectivity index (χ1n) is 8.81. The number of ether oxygens (including phenoxy) is 2. The molecule has 0 bridgehead atoms. The van der Waals surface area contributed by atoms with Gasteiger partial charge >= 0.3 is 0 Å². The van der Waals surface area contributed by atoms with E-state index in [1.165, 1.54) is 13.0 Å². The van der Waals surface area contributed by atoms with Crippen molar-refractivity contribution < 1.29 is 23.1 Å². The molecule has 0 fully saturated rings. The molecule has 0 saturated carbocycles. The second-order valence-electron chi connectivity index (χ2n) is 6.25. The highest BCUT2D eigenvalue weighted by Gasteiger charge is 2.13. The number of fused-ring (bicyclic) bond motifs is 1. The van der Waals surface area contributed by atoms with Crippen molar-refractivity contribution in [1.82, 2.24) is 5.32 Å². The van der Waals surface area contributed by atoms with Gasteiger partial charge in [0.1, 0.15) is 35.3 Å². The van der Waals surface area contributed by atoms with Crippen LogP contribution >= 0.6 is 0 Å². The zero-order chi connectivity index (χ0) is 19.4. The number of carbonyl (C=O) groups is 1. The first-order valence-corrected chi connectivity index (χ1v) is 8.81. The summed E-state index contributed by atoms with van der Waals surface area (Å²) in [4.78, 5) is 11.2. The van der Waals surface area contributed by atoms with Crippen molar-refractivity contribution in [2.75, 3.05) is 6.61 Å². The average molecular weight is 371 g/mol. The fraction of sp³-hybridized carbons (Fsp3) is 0.286. The van der Waals surface area contributed by atoms with Gasteiger partial charge in [0.15, 0.2) is 0 Å². The number of hydrogen-bond donors (Lipinski definition) is 1. The predicted molar refractivity (Wildman–Crippen MR) is 100 cm³/mol. The normalized spacial score (nSPS) is 12.0. The van der Waals surface area contributed by atoms with E-state index in [0.717, 1.165) is 5.39 Å². The quantitative estimate of drug-likeness (QED) is 0.651. The molecule has 0 radical (unpaired) electrons. The molecule has 6 heteroatoms. The first kappa shape index (κ1) is 18.8. The summed E-state index contributed by atoms with van der Waals surface area (Å²) in [5.41, 5.74) is 1.15. The molecule has 0 aliphatic carbocycles. The summed E-state index contributed by atoms with van der Waals surface area (Å²) >= 11 is 0. The molecular formula is C21H22FNO4. The lowest BCUT2D eigenvalue weighted by molar-refractivity contribution is -0.119. The van der Waals surface area contributed by atoms with E-state index in [1.54, 1.807) is 24.3 Å². The maximum atomic E-state index is 14.1. The molecule has 1 atom stereocenters. The molecule has 1 N–H and O–H groups in total. The fourth-order valence-corrected chi connectivity index (χ4v) is 2.78. The minimum Gasteiger partial charge on any atom is -0.494 e. The van der Waals surface area contributed by atoms with Crippen molar-refractivity contribution in [2.24, 2.45) is 0 Å². The summed E-state index contributed by atoms with van der Waals surface area (Å²) in [5, 5.41) is 3.64. The van der Waals surface area contributed by atoms with Crippen LogP contribution in [-0.2, 0) is 11.4 Å². The monoisotopic (exact) mass is 371 g/mol. The smallest absolute Gasteiger partial charge is 0.217 e. The van der Waals surface area contributed by atoms with Gasteiger partial charge in [0.2, 0.25) is 5.91 Å². The fourth-order valence-electron chi connectivity index (χ4n) is 2.78. The van der Waals surface area contributed by atoms with Crippen LogP contribution in [0, 0.1) is 5.82 Å². The van der Waals surface area contributed by atoms with Crippen molar-refractivity contribution >= 4 is 16.9 Å². The molecule has 1 unspecified atom stereocenters. The molecule has 0 saturated heterocycles. The third-order valence-electron chi connectivity index (χ3n) is 4.08. The third-order valence-corrected chi connectivity index (χ3v) is 4.08. The molecule has 142 valence electrons. The minimum atomic E-state index is -0.364. The molecule has 1 aromatic heterocycles. The number of furan rings is 1. The van der Waals surface area contributed by atoms with Crippen molar-refractivity contribution in [1.29, 1.82) is 0 Å². The van der Waals surface area contributed by atoms with Gasteiger partial charge in [-0.15, -0.1) is 0 Å².